The third-order valence-electron chi connectivity index (χ3n) is 4.91. The molecule has 0 bridgehead atoms. The number of carbonyl (C=O) groups is 1. The van der Waals surface area contributed by atoms with Crippen LogP contribution in [0.25, 0.3) is 10.9 Å². The molecule has 0 saturated heterocycles. The molecule has 0 aliphatic heterocycles. The van der Waals surface area contributed by atoms with E-state index in [1.54, 1.807) is 22.7 Å². The van der Waals surface area contributed by atoms with Crippen LogP contribution in [0.15, 0.2) is 53.5 Å². The summed E-state index contributed by atoms with van der Waals surface area (Å²) in [5, 5.41) is 4.72. The average molecular weight is 349 g/mol. The summed E-state index contributed by atoms with van der Waals surface area (Å²) in [6.07, 6.45) is 1.27. The molecule has 0 aliphatic rings. The molecule has 0 aliphatic carbocycles. The van der Waals surface area contributed by atoms with Gasteiger partial charge in [-0.25, -0.2) is 0 Å². The molecular formula is C21H23N3O2. The van der Waals surface area contributed by atoms with Gasteiger partial charge in [0.05, 0.1) is 17.8 Å². The van der Waals surface area contributed by atoms with Gasteiger partial charge in [-0.15, -0.1) is 0 Å². The van der Waals surface area contributed by atoms with E-state index in [0.29, 0.717) is 10.9 Å². The highest BCUT2D eigenvalue weighted by Gasteiger charge is 2.20. The molecule has 3 aromatic rings. The van der Waals surface area contributed by atoms with E-state index in [-0.39, 0.29) is 23.9 Å². The predicted molar refractivity (Wildman–Crippen MR) is 103 cm³/mol. The predicted octanol–water partition coefficient (Wildman–Crippen LogP) is 3.23. The molecule has 0 fully saturated rings. The van der Waals surface area contributed by atoms with Gasteiger partial charge in [-0.1, -0.05) is 35.9 Å². The van der Waals surface area contributed by atoms with Crippen molar-refractivity contribution in [3.05, 3.63) is 75.6 Å². The van der Waals surface area contributed by atoms with E-state index in [1.165, 1.54) is 11.8 Å². The Morgan fingerprint density at radius 3 is 2.69 bits per heavy atom. The lowest BCUT2D eigenvalue weighted by Crippen LogP contribution is -2.33. The molecule has 5 heteroatoms. The molecule has 1 aromatic heterocycles. The number of carbonyl (C=O) groups excluding carboxylic acids is 1. The van der Waals surface area contributed by atoms with Crippen LogP contribution in [0.3, 0.4) is 0 Å². The van der Waals surface area contributed by atoms with E-state index in [2.05, 4.69) is 30.2 Å². The van der Waals surface area contributed by atoms with Gasteiger partial charge in [-0.2, -0.15) is 5.10 Å². The molecule has 1 heterocycles. The lowest BCUT2D eigenvalue weighted by atomic mass is 9.99. The van der Waals surface area contributed by atoms with Gasteiger partial charge in [0.1, 0.15) is 6.54 Å². The van der Waals surface area contributed by atoms with Crippen LogP contribution in [0, 0.1) is 13.8 Å². The summed E-state index contributed by atoms with van der Waals surface area (Å²) in [7, 11) is 1.81. The first-order valence-electron chi connectivity index (χ1n) is 8.66. The minimum Gasteiger partial charge on any atom is -0.337 e. The van der Waals surface area contributed by atoms with Crippen molar-refractivity contribution in [3.63, 3.8) is 0 Å². The highest BCUT2D eigenvalue weighted by molar-refractivity contribution is 5.81. The SMILES string of the molecule is Cc1ccc(C)c([C@H](C)N(C)C(=O)Cn2ncc(=O)c3ccccc32)c1. The van der Waals surface area contributed by atoms with Crippen LogP contribution >= 0.6 is 0 Å². The molecule has 1 amide bonds. The van der Waals surface area contributed by atoms with Crippen molar-refractivity contribution in [2.24, 2.45) is 0 Å². The zero-order chi connectivity index (χ0) is 18.8. The number of aryl methyl sites for hydroxylation is 2. The number of aromatic nitrogens is 2. The number of fused-ring (bicyclic) bond motifs is 1. The second-order valence-corrected chi connectivity index (χ2v) is 6.72. The topological polar surface area (TPSA) is 55.2 Å². The van der Waals surface area contributed by atoms with Gasteiger partial charge in [0.25, 0.3) is 0 Å². The zero-order valence-electron chi connectivity index (χ0n) is 15.6. The molecule has 3 rings (SSSR count). The summed E-state index contributed by atoms with van der Waals surface area (Å²) in [5.41, 5.74) is 4.00. The van der Waals surface area contributed by atoms with E-state index in [0.717, 1.165) is 11.1 Å². The summed E-state index contributed by atoms with van der Waals surface area (Å²) in [6.45, 7) is 6.22. The van der Waals surface area contributed by atoms with Crippen LogP contribution in [0.2, 0.25) is 0 Å². The molecule has 0 N–H and O–H groups in total. The van der Waals surface area contributed by atoms with Gasteiger partial charge in [0.2, 0.25) is 11.3 Å². The standard InChI is InChI=1S/C21H23N3O2/c1-14-9-10-15(2)18(11-14)16(3)23(4)21(26)13-24-19-8-6-5-7-17(19)20(25)12-22-24/h5-12,16H,13H2,1-4H3/t16-/m0/s1. The van der Waals surface area contributed by atoms with E-state index in [1.807, 2.05) is 32.0 Å². The Morgan fingerprint density at radius 2 is 1.92 bits per heavy atom. The van der Waals surface area contributed by atoms with E-state index in [9.17, 15) is 9.59 Å². The van der Waals surface area contributed by atoms with Gasteiger partial charge in [-0.05, 0) is 44.0 Å². The molecule has 0 saturated carbocycles. The minimum atomic E-state index is -0.138. The van der Waals surface area contributed by atoms with Crippen LogP contribution in [0.1, 0.15) is 29.7 Å². The Balaban J connectivity index is 1.87. The number of hydrogen-bond acceptors (Lipinski definition) is 3. The van der Waals surface area contributed by atoms with Crippen molar-refractivity contribution < 1.29 is 4.79 Å². The Kier molecular flexibility index (Phi) is 4.89. The number of para-hydroxylation sites is 1. The maximum absolute atomic E-state index is 12.8. The molecule has 26 heavy (non-hydrogen) atoms. The Hall–Kier alpha value is -2.95. The van der Waals surface area contributed by atoms with Crippen LogP contribution < -0.4 is 5.43 Å². The van der Waals surface area contributed by atoms with Gasteiger partial charge in [-0.3, -0.25) is 14.3 Å². The highest BCUT2D eigenvalue weighted by Crippen LogP contribution is 2.24. The van der Waals surface area contributed by atoms with Crippen LogP contribution in [-0.4, -0.2) is 27.6 Å². The molecule has 1 atom stereocenters. The largest absolute Gasteiger partial charge is 0.337 e. The van der Waals surface area contributed by atoms with Crippen molar-refractivity contribution in [2.75, 3.05) is 7.05 Å². The average Bonchev–Trinajstić information content (AvgIpc) is 2.65. The summed E-state index contributed by atoms with van der Waals surface area (Å²) in [6, 6.07) is 13.4. The zero-order valence-corrected chi connectivity index (χ0v) is 15.6. The monoisotopic (exact) mass is 349 g/mol. The Bertz CT molecular complexity index is 1020. The van der Waals surface area contributed by atoms with Crippen LogP contribution in [0.5, 0.6) is 0 Å². The van der Waals surface area contributed by atoms with Crippen molar-refractivity contribution >= 4 is 16.8 Å². The summed E-state index contributed by atoms with van der Waals surface area (Å²) >= 11 is 0. The minimum absolute atomic E-state index is 0.0481. The summed E-state index contributed by atoms with van der Waals surface area (Å²) < 4.78 is 1.59. The smallest absolute Gasteiger partial charge is 0.244 e. The number of benzene rings is 2. The van der Waals surface area contributed by atoms with Gasteiger partial charge in [0.15, 0.2) is 0 Å². The quantitative estimate of drug-likeness (QED) is 0.727. The number of amides is 1. The number of rotatable bonds is 4. The lowest BCUT2D eigenvalue weighted by molar-refractivity contribution is -0.132. The first kappa shape index (κ1) is 17.9. The fraction of sp³-hybridized carbons (Fsp3) is 0.286. The van der Waals surface area contributed by atoms with Crippen molar-refractivity contribution in [2.45, 2.75) is 33.4 Å². The second-order valence-electron chi connectivity index (χ2n) is 6.72. The lowest BCUT2D eigenvalue weighted by Gasteiger charge is -2.27. The Labute approximate surface area is 152 Å². The third-order valence-corrected chi connectivity index (χ3v) is 4.91. The van der Waals surface area contributed by atoms with E-state index in [4.69, 9.17) is 0 Å². The first-order chi connectivity index (χ1) is 12.4. The number of likely N-dealkylation sites (N-methyl/N-ethyl adjacent to an activating group) is 1. The molecular weight excluding hydrogens is 326 g/mol. The van der Waals surface area contributed by atoms with Crippen molar-refractivity contribution in [1.82, 2.24) is 14.7 Å². The molecule has 2 aromatic carbocycles. The van der Waals surface area contributed by atoms with E-state index >= 15 is 0 Å². The summed E-state index contributed by atoms with van der Waals surface area (Å²) in [4.78, 5) is 26.5. The number of hydrogen-bond donors (Lipinski definition) is 0. The third kappa shape index (κ3) is 3.38. The van der Waals surface area contributed by atoms with E-state index < -0.39 is 0 Å². The summed E-state index contributed by atoms with van der Waals surface area (Å²) in [5.74, 6) is -0.0558. The normalized spacial score (nSPS) is 12.2. The van der Waals surface area contributed by atoms with Gasteiger partial charge < -0.3 is 4.90 Å². The maximum Gasteiger partial charge on any atom is 0.244 e. The molecule has 134 valence electrons. The fourth-order valence-corrected chi connectivity index (χ4v) is 3.16. The highest BCUT2D eigenvalue weighted by atomic mass is 16.2. The maximum atomic E-state index is 12.8. The van der Waals surface area contributed by atoms with Crippen molar-refractivity contribution in [3.8, 4) is 0 Å². The van der Waals surface area contributed by atoms with Gasteiger partial charge in [0, 0.05) is 12.4 Å². The fourth-order valence-electron chi connectivity index (χ4n) is 3.16. The van der Waals surface area contributed by atoms with Crippen LogP contribution in [-0.2, 0) is 11.3 Å². The van der Waals surface area contributed by atoms with Gasteiger partial charge >= 0.3 is 0 Å². The molecule has 0 radical (unpaired) electrons. The number of nitrogens with zero attached hydrogens (tertiary/aromatic N) is 3. The van der Waals surface area contributed by atoms with Crippen molar-refractivity contribution in [1.29, 1.82) is 0 Å². The van der Waals surface area contributed by atoms with Crippen LogP contribution in [0.4, 0.5) is 0 Å². The Morgan fingerprint density at radius 1 is 1.19 bits per heavy atom. The second kappa shape index (κ2) is 7.12. The molecule has 0 unspecified atom stereocenters. The first-order valence-corrected chi connectivity index (χ1v) is 8.66. The molecule has 0 spiro atoms. The molecule has 5 nitrogen and oxygen atoms in total.